The minimum Gasteiger partial charge on any atom is -0.332 e. The maximum atomic E-state index is 11.2. The first-order chi connectivity index (χ1) is 8.13. The van der Waals surface area contributed by atoms with Crippen LogP contribution in [-0.4, -0.2) is 15.4 Å². The van der Waals surface area contributed by atoms with Crippen LogP contribution in [0.15, 0.2) is 30.5 Å². The molecule has 0 unspecified atom stereocenters. The van der Waals surface area contributed by atoms with Crippen molar-refractivity contribution in [1.29, 1.82) is 0 Å². The monoisotopic (exact) mass is 234 g/mol. The molecule has 0 bridgehead atoms. The molecule has 0 saturated heterocycles. The van der Waals surface area contributed by atoms with Gasteiger partial charge in [-0.1, -0.05) is 12.1 Å². The molecule has 2 aromatic rings. The van der Waals surface area contributed by atoms with Gasteiger partial charge in [-0.25, -0.2) is 5.84 Å². The van der Waals surface area contributed by atoms with Gasteiger partial charge in [-0.05, 0) is 6.07 Å². The summed E-state index contributed by atoms with van der Waals surface area (Å²) in [6.45, 7) is -0.0507. The van der Waals surface area contributed by atoms with Crippen molar-refractivity contribution < 1.29 is 9.72 Å². The Balaban J connectivity index is 2.57. The van der Waals surface area contributed by atoms with Crippen LogP contribution in [0.3, 0.4) is 0 Å². The Bertz CT molecular complexity index is 590. The average molecular weight is 234 g/mol. The highest BCUT2D eigenvalue weighted by Crippen LogP contribution is 2.26. The SMILES string of the molecule is NNC(=O)Cn1ccc2cccc([N+](=O)[O-])c21. The van der Waals surface area contributed by atoms with Crippen molar-refractivity contribution in [3.8, 4) is 0 Å². The summed E-state index contributed by atoms with van der Waals surface area (Å²) in [5.74, 6) is 4.57. The van der Waals surface area contributed by atoms with Gasteiger partial charge in [0.1, 0.15) is 12.1 Å². The van der Waals surface area contributed by atoms with Crippen molar-refractivity contribution >= 4 is 22.5 Å². The number of nitrogens with two attached hydrogens (primary N) is 1. The zero-order valence-electron chi connectivity index (χ0n) is 8.79. The fraction of sp³-hybridized carbons (Fsp3) is 0.100. The average Bonchev–Trinajstić information content (AvgIpc) is 2.72. The number of fused-ring (bicyclic) bond motifs is 1. The number of hydrazine groups is 1. The first-order valence-electron chi connectivity index (χ1n) is 4.85. The lowest BCUT2D eigenvalue weighted by Gasteiger charge is -2.04. The molecule has 2 rings (SSSR count). The number of carbonyl (C=O) groups excluding carboxylic acids is 1. The highest BCUT2D eigenvalue weighted by Gasteiger charge is 2.16. The van der Waals surface area contributed by atoms with E-state index < -0.39 is 10.8 Å². The number of non-ortho nitro benzene ring substituents is 1. The van der Waals surface area contributed by atoms with Gasteiger partial charge in [-0.2, -0.15) is 0 Å². The molecule has 1 heterocycles. The van der Waals surface area contributed by atoms with Gasteiger partial charge in [0.05, 0.1) is 4.92 Å². The Kier molecular flexibility index (Phi) is 2.75. The lowest BCUT2D eigenvalue weighted by atomic mass is 10.2. The quantitative estimate of drug-likeness (QED) is 0.350. The van der Waals surface area contributed by atoms with E-state index in [0.717, 1.165) is 0 Å². The van der Waals surface area contributed by atoms with Crippen molar-refractivity contribution in [2.24, 2.45) is 5.84 Å². The number of nitro groups is 1. The van der Waals surface area contributed by atoms with Crippen LogP contribution in [0, 0.1) is 10.1 Å². The van der Waals surface area contributed by atoms with E-state index in [4.69, 9.17) is 5.84 Å². The second-order valence-corrected chi connectivity index (χ2v) is 3.48. The third-order valence-corrected chi connectivity index (χ3v) is 2.44. The summed E-state index contributed by atoms with van der Waals surface area (Å²) >= 11 is 0. The number of hydrogen-bond donors (Lipinski definition) is 2. The number of hydrogen-bond acceptors (Lipinski definition) is 4. The molecule has 7 nitrogen and oxygen atoms in total. The van der Waals surface area contributed by atoms with Gasteiger partial charge >= 0.3 is 0 Å². The maximum Gasteiger partial charge on any atom is 0.293 e. The molecule has 0 spiro atoms. The number of para-hydroxylation sites is 1. The van der Waals surface area contributed by atoms with Crippen molar-refractivity contribution in [1.82, 2.24) is 9.99 Å². The third-order valence-electron chi connectivity index (χ3n) is 2.44. The van der Waals surface area contributed by atoms with Gasteiger partial charge in [-0.15, -0.1) is 0 Å². The second-order valence-electron chi connectivity index (χ2n) is 3.48. The predicted octanol–water partition coefficient (Wildman–Crippen LogP) is 0.539. The predicted molar refractivity (Wildman–Crippen MR) is 60.9 cm³/mol. The summed E-state index contributed by atoms with van der Waals surface area (Å²) < 4.78 is 1.50. The van der Waals surface area contributed by atoms with Gasteiger partial charge in [0.25, 0.3) is 11.6 Å². The summed E-state index contributed by atoms with van der Waals surface area (Å²) in [5, 5.41) is 11.6. The molecule has 0 aliphatic heterocycles. The van der Waals surface area contributed by atoms with E-state index in [1.807, 2.05) is 5.43 Å². The molecule has 17 heavy (non-hydrogen) atoms. The molecule has 88 valence electrons. The zero-order chi connectivity index (χ0) is 12.4. The Labute approximate surface area is 95.9 Å². The highest BCUT2D eigenvalue weighted by atomic mass is 16.6. The van der Waals surface area contributed by atoms with E-state index >= 15 is 0 Å². The number of nitro benzene ring substituents is 1. The van der Waals surface area contributed by atoms with Gasteiger partial charge in [0.15, 0.2) is 0 Å². The van der Waals surface area contributed by atoms with E-state index in [1.54, 1.807) is 24.4 Å². The summed E-state index contributed by atoms with van der Waals surface area (Å²) in [6, 6.07) is 6.47. The molecule has 7 heteroatoms. The van der Waals surface area contributed by atoms with Gasteiger partial charge in [0, 0.05) is 17.6 Å². The minimum absolute atomic E-state index is 0.0303. The van der Waals surface area contributed by atoms with E-state index in [-0.39, 0.29) is 12.2 Å². The van der Waals surface area contributed by atoms with E-state index in [2.05, 4.69) is 0 Å². The van der Waals surface area contributed by atoms with Crippen LogP contribution in [0.25, 0.3) is 10.9 Å². The number of carbonyl (C=O) groups is 1. The van der Waals surface area contributed by atoms with Crippen molar-refractivity contribution in [3.63, 3.8) is 0 Å². The highest BCUT2D eigenvalue weighted by molar-refractivity contribution is 5.89. The summed E-state index contributed by atoms with van der Waals surface area (Å²) in [6.07, 6.45) is 1.62. The molecule has 0 atom stereocenters. The standard InChI is InChI=1S/C10H10N4O3/c11-12-9(15)6-13-5-4-7-2-1-3-8(10(7)13)14(16)17/h1-5H,6,11H2,(H,12,15). The molecule has 3 N–H and O–H groups in total. The smallest absolute Gasteiger partial charge is 0.293 e. The lowest BCUT2D eigenvalue weighted by Crippen LogP contribution is -2.33. The molecular weight excluding hydrogens is 224 g/mol. The third kappa shape index (κ3) is 1.95. The summed E-state index contributed by atoms with van der Waals surface area (Å²) in [7, 11) is 0. The molecule has 0 radical (unpaired) electrons. The molecule has 1 aromatic carbocycles. The molecule has 1 amide bonds. The zero-order valence-corrected chi connectivity index (χ0v) is 8.79. The normalized spacial score (nSPS) is 10.4. The first kappa shape index (κ1) is 11.1. The Hall–Kier alpha value is -2.41. The molecule has 0 aliphatic rings. The summed E-state index contributed by atoms with van der Waals surface area (Å²) in [4.78, 5) is 21.6. The van der Waals surface area contributed by atoms with Crippen LogP contribution in [0.1, 0.15) is 0 Å². The Morgan fingerprint density at radius 1 is 1.47 bits per heavy atom. The lowest BCUT2D eigenvalue weighted by molar-refractivity contribution is -0.383. The maximum absolute atomic E-state index is 11.2. The second kappa shape index (κ2) is 4.22. The number of amides is 1. The summed E-state index contributed by atoms with van der Waals surface area (Å²) in [5.41, 5.74) is 2.37. The van der Waals surface area contributed by atoms with Crippen LogP contribution in [0.2, 0.25) is 0 Å². The number of rotatable bonds is 3. The van der Waals surface area contributed by atoms with Gasteiger partial charge in [0.2, 0.25) is 0 Å². The van der Waals surface area contributed by atoms with Crippen LogP contribution in [0.4, 0.5) is 5.69 Å². The van der Waals surface area contributed by atoms with E-state index in [9.17, 15) is 14.9 Å². The van der Waals surface area contributed by atoms with Crippen molar-refractivity contribution in [3.05, 3.63) is 40.6 Å². The van der Waals surface area contributed by atoms with Gasteiger partial charge in [-0.3, -0.25) is 20.3 Å². The van der Waals surface area contributed by atoms with Crippen molar-refractivity contribution in [2.75, 3.05) is 0 Å². The van der Waals surface area contributed by atoms with Crippen LogP contribution >= 0.6 is 0 Å². The van der Waals surface area contributed by atoms with Crippen LogP contribution in [0.5, 0.6) is 0 Å². The van der Waals surface area contributed by atoms with Crippen LogP contribution < -0.4 is 11.3 Å². The minimum atomic E-state index is -0.473. The number of nitrogens with zero attached hydrogens (tertiary/aromatic N) is 2. The fourth-order valence-corrected chi connectivity index (χ4v) is 1.72. The Morgan fingerprint density at radius 3 is 2.88 bits per heavy atom. The molecule has 0 saturated carbocycles. The molecular formula is C10H10N4O3. The van der Waals surface area contributed by atoms with Crippen molar-refractivity contribution in [2.45, 2.75) is 6.54 Å². The topological polar surface area (TPSA) is 103 Å². The molecule has 0 fully saturated rings. The largest absolute Gasteiger partial charge is 0.332 e. The van der Waals surface area contributed by atoms with Crippen LogP contribution in [-0.2, 0) is 11.3 Å². The first-order valence-corrected chi connectivity index (χ1v) is 4.85. The number of benzene rings is 1. The fourth-order valence-electron chi connectivity index (χ4n) is 1.72. The molecule has 0 aliphatic carbocycles. The van der Waals surface area contributed by atoms with E-state index in [1.165, 1.54) is 10.6 Å². The van der Waals surface area contributed by atoms with Gasteiger partial charge < -0.3 is 4.57 Å². The molecule has 1 aromatic heterocycles. The number of aromatic nitrogens is 1. The number of nitrogens with one attached hydrogen (secondary N) is 1. The Morgan fingerprint density at radius 2 is 2.24 bits per heavy atom. The van der Waals surface area contributed by atoms with E-state index in [0.29, 0.717) is 10.9 Å².